The molecule has 5 nitrogen and oxygen atoms in total. The molecule has 18 heavy (non-hydrogen) atoms. The molecule has 0 radical (unpaired) electrons. The van der Waals surface area contributed by atoms with Gasteiger partial charge in [0.15, 0.2) is 0 Å². The summed E-state index contributed by atoms with van der Waals surface area (Å²) >= 11 is 0. The van der Waals surface area contributed by atoms with Crippen LogP contribution in [0.1, 0.15) is 26.7 Å². The Morgan fingerprint density at radius 3 is 2.50 bits per heavy atom. The van der Waals surface area contributed by atoms with Gasteiger partial charge in [-0.25, -0.2) is 9.97 Å². The first-order valence-electron chi connectivity index (χ1n) is 6.39. The SMILES string of the molecule is CC(C)C(=O)N1CCC(Oc2ncccn2)CC1. The number of carbonyl (C=O) groups excluding carboxylic acids is 1. The smallest absolute Gasteiger partial charge is 0.316 e. The maximum atomic E-state index is 11.8. The zero-order valence-corrected chi connectivity index (χ0v) is 10.9. The van der Waals surface area contributed by atoms with Gasteiger partial charge in [0.1, 0.15) is 6.10 Å². The third-order valence-electron chi connectivity index (χ3n) is 3.06. The van der Waals surface area contributed by atoms with Crippen molar-refractivity contribution < 1.29 is 9.53 Å². The van der Waals surface area contributed by atoms with Gasteiger partial charge in [-0.1, -0.05) is 13.8 Å². The molecule has 0 atom stereocenters. The zero-order chi connectivity index (χ0) is 13.0. The van der Waals surface area contributed by atoms with E-state index in [9.17, 15) is 4.79 Å². The molecule has 0 unspecified atom stereocenters. The number of aromatic nitrogens is 2. The fraction of sp³-hybridized carbons (Fsp3) is 0.615. The summed E-state index contributed by atoms with van der Waals surface area (Å²) in [4.78, 5) is 21.8. The molecule has 2 rings (SSSR count). The molecule has 98 valence electrons. The van der Waals surface area contributed by atoms with Crippen molar-refractivity contribution in [3.8, 4) is 6.01 Å². The van der Waals surface area contributed by atoms with E-state index in [1.807, 2.05) is 18.7 Å². The molecule has 2 heterocycles. The maximum Gasteiger partial charge on any atom is 0.316 e. The third-order valence-corrected chi connectivity index (χ3v) is 3.06. The lowest BCUT2D eigenvalue weighted by Gasteiger charge is -2.32. The van der Waals surface area contributed by atoms with Crippen molar-refractivity contribution in [3.63, 3.8) is 0 Å². The molecule has 1 saturated heterocycles. The van der Waals surface area contributed by atoms with Crippen molar-refractivity contribution >= 4 is 5.91 Å². The van der Waals surface area contributed by atoms with Gasteiger partial charge in [0.25, 0.3) is 0 Å². The average molecular weight is 249 g/mol. The van der Waals surface area contributed by atoms with Crippen molar-refractivity contribution in [2.45, 2.75) is 32.8 Å². The minimum atomic E-state index is 0.0694. The number of carbonyl (C=O) groups is 1. The summed E-state index contributed by atoms with van der Waals surface area (Å²) in [6.45, 7) is 5.38. The number of hydrogen-bond acceptors (Lipinski definition) is 4. The van der Waals surface area contributed by atoms with Crippen molar-refractivity contribution in [3.05, 3.63) is 18.5 Å². The molecule has 0 aliphatic carbocycles. The van der Waals surface area contributed by atoms with Crippen LogP contribution in [0.25, 0.3) is 0 Å². The predicted octanol–water partition coefficient (Wildman–Crippen LogP) is 1.50. The normalized spacial score (nSPS) is 16.9. The Morgan fingerprint density at radius 1 is 1.33 bits per heavy atom. The highest BCUT2D eigenvalue weighted by Gasteiger charge is 2.25. The van der Waals surface area contributed by atoms with E-state index in [4.69, 9.17) is 4.74 Å². The number of ether oxygens (including phenoxy) is 1. The summed E-state index contributed by atoms with van der Waals surface area (Å²) in [5, 5.41) is 0. The lowest BCUT2D eigenvalue weighted by molar-refractivity contribution is -0.136. The van der Waals surface area contributed by atoms with E-state index >= 15 is 0 Å². The zero-order valence-electron chi connectivity index (χ0n) is 10.9. The monoisotopic (exact) mass is 249 g/mol. The molecule has 0 spiro atoms. The highest BCUT2D eigenvalue weighted by molar-refractivity contribution is 5.78. The molecule has 0 bridgehead atoms. The highest BCUT2D eigenvalue weighted by Crippen LogP contribution is 2.17. The van der Waals surface area contributed by atoms with Crippen molar-refractivity contribution in [2.24, 2.45) is 5.92 Å². The summed E-state index contributed by atoms with van der Waals surface area (Å²) in [5.41, 5.74) is 0. The van der Waals surface area contributed by atoms with Gasteiger partial charge in [-0.2, -0.15) is 0 Å². The molecular formula is C13H19N3O2. The average Bonchev–Trinajstić information content (AvgIpc) is 2.40. The molecule has 1 aliphatic rings. The van der Waals surface area contributed by atoms with E-state index in [1.165, 1.54) is 0 Å². The van der Waals surface area contributed by atoms with Gasteiger partial charge in [-0.05, 0) is 6.07 Å². The first-order chi connectivity index (χ1) is 8.66. The number of likely N-dealkylation sites (tertiary alicyclic amines) is 1. The first kappa shape index (κ1) is 12.8. The fourth-order valence-corrected chi connectivity index (χ4v) is 2.05. The summed E-state index contributed by atoms with van der Waals surface area (Å²) in [6.07, 6.45) is 5.14. The standard InChI is InChI=1S/C13H19N3O2/c1-10(2)12(17)16-8-4-11(5-9-16)18-13-14-6-3-7-15-13/h3,6-7,10-11H,4-5,8-9H2,1-2H3. The van der Waals surface area contributed by atoms with Crippen molar-refractivity contribution in [1.82, 2.24) is 14.9 Å². The van der Waals surface area contributed by atoms with E-state index in [1.54, 1.807) is 18.5 Å². The predicted molar refractivity (Wildman–Crippen MR) is 67.1 cm³/mol. The topological polar surface area (TPSA) is 55.3 Å². The van der Waals surface area contributed by atoms with Gasteiger partial charge in [0.2, 0.25) is 5.91 Å². The van der Waals surface area contributed by atoms with Crippen LogP contribution < -0.4 is 4.74 Å². The molecule has 1 fully saturated rings. The van der Waals surface area contributed by atoms with E-state index in [0.717, 1.165) is 25.9 Å². The Bertz CT molecular complexity index is 386. The van der Waals surface area contributed by atoms with Gasteiger partial charge in [0.05, 0.1) is 0 Å². The lowest BCUT2D eigenvalue weighted by atomic mass is 10.1. The molecular weight excluding hydrogens is 230 g/mol. The Labute approximate surface area is 107 Å². The van der Waals surface area contributed by atoms with Gasteiger partial charge >= 0.3 is 6.01 Å². The van der Waals surface area contributed by atoms with Gasteiger partial charge in [-0.3, -0.25) is 4.79 Å². The van der Waals surface area contributed by atoms with Crippen LogP contribution >= 0.6 is 0 Å². The van der Waals surface area contributed by atoms with Gasteiger partial charge in [-0.15, -0.1) is 0 Å². The van der Waals surface area contributed by atoms with Gasteiger partial charge < -0.3 is 9.64 Å². The lowest BCUT2D eigenvalue weighted by Crippen LogP contribution is -2.43. The Balaban J connectivity index is 1.82. The van der Waals surface area contributed by atoms with Crippen LogP contribution in [0.2, 0.25) is 0 Å². The molecule has 1 aromatic rings. The van der Waals surface area contributed by atoms with Crippen LogP contribution in [0, 0.1) is 5.92 Å². The summed E-state index contributed by atoms with van der Waals surface area (Å²) in [7, 11) is 0. The highest BCUT2D eigenvalue weighted by atomic mass is 16.5. The van der Waals surface area contributed by atoms with E-state index in [2.05, 4.69) is 9.97 Å². The molecule has 1 amide bonds. The second-order valence-electron chi connectivity index (χ2n) is 4.83. The number of piperidine rings is 1. The minimum absolute atomic E-state index is 0.0694. The van der Waals surface area contributed by atoms with Crippen LogP contribution in [0.15, 0.2) is 18.5 Å². The quantitative estimate of drug-likeness (QED) is 0.814. The Morgan fingerprint density at radius 2 is 1.94 bits per heavy atom. The Hall–Kier alpha value is -1.65. The second-order valence-corrected chi connectivity index (χ2v) is 4.83. The molecule has 0 N–H and O–H groups in total. The fourth-order valence-electron chi connectivity index (χ4n) is 2.05. The molecule has 0 saturated carbocycles. The third kappa shape index (κ3) is 3.18. The number of hydrogen-bond donors (Lipinski definition) is 0. The summed E-state index contributed by atoms with van der Waals surface area (Å²) in [5.74, 6) is 0.296. The number of rotatable bonds is 3. The van der Waals surface area contributed by atoms with E-state index in [0.29, 0.717) is 6.01 Å². The molecule has 1 aliphatic heterocycles. The molecule has 5 heteroatoms. The van der Waals surface area contributed by atoms with Crippen LogP contribution in [0.4, 0.5) is 0 Å². The van der Waals surface area contributed by atoms with E-state index in [-0.39, 0.29) is 17.9 Å². The van der Waals surface area contributed by atoms with Gasteiger partial charge in [0, 0.05) is 44.2 Å². The van der Waals surface area contributed by atoms with Crippen LogP contribution in [-0.2, 0) is 4.79 Å². The second kappa shape index (κ2) is 5.80. The van der Waals surface area contributed by atoms with E-state index < -0.39 is 0 Å². The van der Waals surface area contributed by atoms with Crippen LogP contribution in [0.3, 0.4) is 0 Å². The van der Waals surface area contributed by atoms with Crippen LogP contribution in [-0.4, -0.2) is 40.0 Å². The first-order valence-corrected chi connectivity index (χ1v) is 6.39. The minimum Gasteiger partial charge on any atom is -0.460 e. The molecule has 0 aromatic carbocycles. The van der Waals surface area contributed by atoms with Crippen molar-refractivity contribution in [2.75, 3.05) is 13.1 Å². The van der Waals surface area contributed by atoms with Crippen molar-refractivity contribution in [1.29, 1.82) is 0 Å². The largest absolute Gasteiger partial charge is 0.460 e. The Kier molecular flexibility index (Phi) is 4.12. The summed E-state index contributed by atoms with van der Waals surface area (Å²) < 4.78 is 5.68. The summed E-state index contributed by atoms with van der Waals surface area (Å²) in [6, 6.07) is 2.18. The molecule has 1 aromatic heterocycles. The number of amides is 1. The van der Waals surface area contributed by atoms with Crippen LogP contribution in [0.5, 0.6) is 6.01 Å². The maximum absolute atomic E-state index is 11.8. The number of nitrogens with zero attached hydrogens (tertiary/aromatic N) is 3.